The summed E-state index contributed by atoms with van der Waals surface area (Å²) in [5.74, 6) is 0.896. The van der Waals surface area contributed by atoms with Crippen molar-refractivity contribution in [1.82, 2.24) is 24.9 Å². The molecule has 1 aliphatic heterocycles. The van der Waals surface area contributed by atoms with Gasteiger partial charge in [-0.3, -0.25) is 14.7 Å². The summed E-state index contributed by atoms with van der Waals surface area (Å²) in [7, 11) is 0. The lowest BCUT2D eigenvalue weighted by Crippen LogP contribution is -2.33. The highest BCUT2D eigenvalue weighted by atomic mass is 16.2. The summed E-state index contributed by atoms with van der Waals surface area (Å²) < 4.78 is 1.25. The van der Waals surface area contributed by atoms with Crippen LogP contribution in [0.2, 0.25) is 0 Å². The molecule has 0 bridgehead atoms. The number of fused-ring (bicyclic) bond motifs is 1. The van der Waals surface area contributed by atoms with Crippen molar-refractivity contribution < 1.29 is 4.79 Å². The maximum atomic E-state index is 12.6. The Morgan fingerprint density at radius 3 is 2.67 bits per heavy atom. The second-order valence-corrected chi connectivity index (χ2v) is 8.23. The largest absolute Gasteiger partial charge is 0.372 e. The fourth-order valence-electron chi connectivity index (χ4n) is 3.98. The van der Waals surface area contributed by atoms with Gasteiger partial charge in [0.2, 0.25) is 5.91 Å². The van der Waals surface area contributed by atoms with E-state index in [0.717, 1.165) is 24.6 Å². The van der Waals surface area contributed by atoms with Gasteiger partial charge in [-0.15, -0.1) is 0 Å². The van der Waals surface area contributed by atoms with E-state index in [1.807, 2.05) is 6.92 Å². The van der Waals surface area contributed by atoms with Crippen molar-refractivity contribution in [2.24, 2.45) is 5.92 Å². The van der Waals surface area contributed by atoms with E-state index in [0.29, 0.717) is 17.0 Å². The molecule has 0 radical (unpaired) electrons. The maximum Gasteiger partial charge on any atom is 0.277 e. The Morgan fingerprint density at radius 1 is 1.27 bits per heavy atom. The van der Waals surface area contributed by atoms with Gasteiger partial charge in [0, 0.05) is 24.3 Å². The molecule has 0 spiro atoms. The zero-order chi connectivity index (χ0) is 21.3. The number of hydrogen-bond acceptors (Lipinski definition) is 5. The topological polar surface area (TPSA) is 95.4 Å². The van der Waals surface area contributed by atoms with E-state index in [2.05, 4.69) is 56.5 Å². The van der Waals surface area contributed by atoms with Crippen LogP contribution in [0.3, 0.4) is 0 Å². The maximum absolute atomic E-state index is 12.6. The number of carbonyl (C=O) groups excluding carboxylic acids is 1. The van der Waals surface area contributed by atoms with Crippen molar-refractivity contribution in [2.75, 3.05) is 18.0 Å². The first-order chi connectivity index (χ1) is 14.4. The van der Waals surface area contributed by atoms with Crippen LogP contribution >= 0.6 is 0 Å². The first kappa shape index (κ1) is 20.1. The van der Waals surface area contributed by atoms with Gasteiger partial charge in [-0.1, -0.05) is 19.1 Å². The molecule has 158 valence electrons. The SMILES string of the molecule is Cc1nc2nc[nH]n2c(=O)c1CC(=O)NC(C)c1ccc(N2CCC(C)CC2)cc1. The van der Waals surface area contributed by atoms with Crippen molar-refractivity contribution in [1.29, 1.82) is 0 Å². The molecule has 4 rings (SSSR count). The lowest BCUT2D eigenvalue weighted by molar-refractivity contribution is -0.121. The van der Waals surface area contributed by atoms with Crippen LogP contribution in [0.15, 0.2) is 35.4 Å². The third-order valence-corrected chi connectivity index (χ3v) is 5.99. The van der Waals surface area contributed by atoms with E-state index < -0.39 is 0 Å². The molecular formula is C22H28N6O2. The molecule has 3 aromatic rings. The molecule has 1 unspecified atom stereocenters. The van der Waals surface area contributed by atoms with Gasteiger partial charge < -0.3 is 10.2 Å². The number of aryl methyl sites for hydroxylation is 1. The number of anilines is 1. The quantitative estimate of drug-likeness (QED) is 0.676. The molecule has 8 heteroatoms. The van der Waals surface area contributed by atoms with Crippen LogP contribution in [-0.4, -0.2) is 38.6 Å². The van der Waals surface area contributed by atoms with Crippen LogP contribution < -0.4 is 15.8 Å². The van der Waals surface area contributed by atoms with Crippen LogP contribution in [0.25, 0.3) is 5.78 Å². The van der Waals surface area contributed by atoms with E-state index in [4.69, 9.17) is 0 Å². The average Bonchev–Trinajstić information content (AvgIpc) is 3.20. The zero-order valence-electron chi connectivity index (χ0n) is 17.7. The van der Waals surface area contributed by atoms with Crippen molar-refractivity contribution >= 4 is 17.4 Å². The zero-order valence-corrected chi connectivity index (χ0v) is 17.7. The van der Waals surface area contributed by atoms with Gasteiger partial charge in [-0.05, 0) is 50.3 Å². The highest BCUT2D eigenvalue weighted by molar-refractivity contribution is 5.79. The van der Waals surface area contributed by atoms with Gasteiger partial charge in [0.05, 0.1) is 18.2 Å². The molecule has 0 saturated carbocycles. The van der Waals surface area contributed by atoms with Gasteiger partial charge in [-0.2, -0.15) is 4.52 Å². The number of aromatic amines is 1. The highest BCUT2D eigenvalue weighted by Crippen LogP contribution is 2.24. The summed E-state index contributed by atoms with van der Waals surface area (Å²) in [4.78, 5) is 35.9. The minimum Gasteiger partial charge on any atom is -0.372 e. The van der Waals surface area contributed by atoms with Gasteiger partial charge in [0.15, 0.2) is 0 Å². The molecule has 30 heavy (non-hydrogen) atoms. The smallest absolute Gasteiger partial charge is 0.277 e. The molecule has 1 fully saturated rings. The summed E-state index contributed by atoms with van der Waals surface area (Å²) in [6, 6.07) is 8.23. The summed E-state index contributed by atoms with van der Waals surface area (Å²) >= 11 is 0. The normalized spacial score (nSPS) is 16.0. The molecule has 1 amide bonds. The van der Waals surface area contributed by atoms with E-state index in [1.54, 1.807) is 6.92 Å². The molecule has 2 N–H and O–H groups in total. The average molecular weight is 409 g/mol. The molecular weight excluding hydrogens is 380 g/mol. The summed E-state index contributed by atoms with van der Waals surface area (Å²) in [6.07, 6.45) is 3.84. The Balaban J connectivity index is 1.41. The van der Waals surface area contributed by atoms with Crippen molar-refractivity contribution in [3.05, 3.63) is 57.8 Å². The number of aromatic nitrogens is 4. The summed E-state index contributed by atoms with van der Waals surface area (Å²) in [5.41, 5.74) is 2.86. The van der Waals surface area contributed by atoms with Gasteiger partial charge in [-0.25, -0.2) is 9.97 Å². The lowest BCUT2D eigenvalue weighted by Gasteiger charge is -2.32. The fourth-order valence-corrected chi connectivity index (χ4v) is 3.98. The van der Waals surface area contributed by atoms with Crippen molar-refractivity contribution in [3.8, 4) is 0 Å². The molecule has 1 aliphatic rings. The Hall–Kier alpha value is -3.16. The number of H-pyrrole nitrogens is 1. The highest BCUT2D eigenvalue weighted by Gasteiger charge is 2.18. The minimum absolute atomic E-state index is 0.0198. The van der Waals surface area contributed by atoms with Crippen LogP contribution in [0.4, 0.5) is 5.69 Å². The predicted octanol–water partition coefficient (Wildman–Crippen LogP) is 2.38. The van der Waals surface area contributed by atoms with Gasteiger partial charge in [0.1, 0.15) is 6.33 Å². The third-order valence-electron chi connectivity index (χ3n) is 5.99. The number of benzene rings is 1. The Labute approximate surface area is 175 Å². The number of piperidine rings is 1. The molecule has 1 atom stereocenters. The van der Waals surface area contributed by atoms with E-state index in [1.165, 1.54) is 29.4 Å². The fraction of sp³-hybridized carbons (Fsp3) is 0.455. The summed E-state index contributed by atoms with van der Waals surface area (Å²) in [6.45, 7) is 8.17. The van der Waals surface area contributed by atoms with Crippen LogP contribution in [0, 0.1) is 12.8 Å². The van der Waals surface area contributed by atoms with Crippen LogP contribution in [-0.2, 0) is 11.2 Å². The number of carbonyl (C=O) groups is 1. The molecule has 1 aromatic carbocycles. The monoisotopic (exact) mass is 408 g/mol. The standard InChI is InChI=1S/C22H28N6O2/c1-14-8-10-27(11-9-14)18-6-4-17(5-7-18)15(2)25-20(29)12-19-16(3)26-22-23-13-24-28(22)21(19)30/h4-7,13-15H,8-12H2,1-3H3,(H,25,29)(H,23,24,26). The Kier molecular flexibility index (Phi) is 5.57. The first-order valence-corrected chi connectivity index (χ1v) is 10.5. The molecule has 2 aromatic heterocycles. The third kappa shape index (κ3) is 4.08. The number of amides is 1. The number of nitrogens with one attached hydrogen (secondary N) is 2. The Bertz CT molecular complexity index is 1090. The van der Waals surface area contributed by atoms with Gasteiger partial charge in [0.25, 0.3) is 11.3 Å². The van der Waals surface area contributed by atoms with Crippen molar-refractivity contribution in [2.45, 2.75) is 46.1 Å². The number of rotatable bonds is 5. The summed E-state index contributed by atoms with van der Waals surface area (Å²) in [5, 5.41) is 5.72. The predicted molar refractivity (Wildman–Crippen MR) is 116 cm³/mol. The molecule has 3 heterocycles. The van der Waals surface area contributed by atoms with Crippen LogP contribution in [0.1, 0.15) is 49.6 Å². The minimum atomic E-state index is -0.294. The van der Waals surface area contributed by atoms with E-state index in [9.17, 15) is 9.59 Å². The molecule has 0 aliphatic carbocycles. The second kappa shape index (κ2) is 8.30. The van der Waals surface area contributed by atoms with Crippen molar-refractivity contribution in [3.63, 3.8) is 0 Å². The van der Waals surface area contributed by atoms with E-state index in [-0.39, 0.29) is 23.9 Å². The number of nitrogens with zero attached hydrogens (tertiary/aromatic N) is 4. The van der Waals surface area contributed by atoms with Crippen LogP contribution in [0.5, 0.6) is 0 Å². The van der Waals surface area contributed by atoms with Gasteiger partial charge >= 0.3 is 0 Å². The number of hydrogen-bond donors (Lipinski definition) is 2. The Morgan fingerprint density at radius 2 is 1.97 bits per heavy atom. The first-order valence-electron chi connectivity index (χ1n) is 10.5. The molecule has 8 nitrogen and oxygen atoms in total. The lowest BCUT2D eigenvalue weighted by atomic mass is 9.98. The molecule has 1 saturated heterocycles. The second-order valence-electron chi connectivity index (χ2n) is 8.23. The van der Waals surface area contributed by atoms with E-state index >= 15 is 0 Å².